The second-order valence-electron chi connectivity index (χ2n) is 7.17. The monoisotopic (exact) mass is 337 g/mol. The quantitative estimate of drug-likeness (QED) is 0.893. The van der Waals surface area contributed by atoms with Crippen LogP contribution in [0.5, 0.6) is 5.75 Å². The van der Waals surface area contributed by atoms with Gasteiger partial charge in [0.2, 0.25) is 0 Å². The molecule has 0 spiro atoms. The van der Waals surface area contributed by atoms with Crippen LogP contribution in [-0.2, 0) is 6.42 Å². The number of rotatable bonds is 4. The molecule has 0 aliphatic carbocycles. The predicted molar refractivity (Wildman–Crippen MR) is 101 cm³/mol. The Kier molecular flexibility index (Phi) is 5.42. The molecule has 1 aliphatic rings. The van der Waals surface area contributed by atoms with Gasteiger partial charge in [0.1, 0.15) is 5.75 Å². The molecule has 3 heteroatoms. The van der Waals surface area contributed by atoms with E-state index in [0.29, 0.717) is 17.0 Å². The van der Waals surface area contributed by atoms with Gasteiger partial charge in [-0.25, -0.2) is 0 Å². The maximum atomic E-state index is 12.9. The fourth-order valence-corrected chi connectivity index (χ4v) is 3.76. The number of amides is 1. The van der Waals surface area contributed by atoms with Gasteiger partial charge >= 0.3 is 0 Å². The van der Waals surface area contributed by atoms with Gasteiger partial charge in [-0.1, -0.05) is 30.3 Å². The van der Waals surface area contributed by atoms with Gasteiger partial charge in [-0.2, -0.15) is 0 Å². The lowest BCUT2D eigenvalue weighted by Crippen LogP contribution is -2.40. The Balaban J connectivity index is 1.64. The van der Waals surface area contributed by atoms with Crippen LogP contribution in [0, 0.1) is 19.8 Å². The van der Waals surface area contributed by atoms with Gasteiger partial charge in [0.25, 0.3) is 5.91 Å². The summed E-state index contributed by atoms with van der Waals surface area (Å²) < 4.78 is 0. The largest absolute Gasteiger partial charge is 0.508 e. The van der Waals surface area contributed by atoms with Crippen molar-refractivity contribution in [3.8, 4) is 5.75 Å². The first kappa shape index (κ1) is 17.5. The van der Waals surface area contributed by atoms with Crippen molar-refractivity contribution < 1.29 is 9.90 Å². The summed E-state index contributed by atoms with van der Waals surface area (Å²) in [5.74, 6) is 0.794. The molecule has 1 aliphatic heterocycles. The van der Waals surface area contributed by atoms with E-state index in [1.54, 1.807) is 12.1 Å². The molecule has 25 heavy (non-hydrogen) atoms. The van der Waals surface area contributed by atoms with Gasteiger partial charge in [-0.05, 0) is 68.7 Å². The van der Waals surface area contributed by atoms with Crippen molar-refractivity contribution in [2.24, 2.45) is 5.92 Å². The van der Waals surface area contributed by atoms with Crippen LogP contribution >= 0.6 is 0 Å². The van der Waals surface area contributed by atoms with Crippen LogP contribution in [0.1, 0.15) is 46.3 Å². The summed E-state index contributed by atoms with van der Waals surface area (Å²) in [6.45, 7) is 5.60. The fourth-order valence-electron chi connectivity index (χ4n) is 3.76. The summed E-state index contributed by atoms with van der Waals surface area (Å²) in [5, 5.41) is 9.86. The van der Waals surface area contributed by atoms with E-state index < -0.39 is 0 Å². The number of likely N-dealkylation sites (tertiary alicyclic amines) is 1. The topological polar surface area (TPSA) is 40.5 Å². The van der Waals surface area contributed by atoms with E-state index in [1.165, 1.54) is 17.5 Å². The summed E-state index contributed by atoms with van der Waals surface area (Å²) in [6.07, 6.45) is 4.44. The lowest BCUT2D eigenvalue weighted by Gasteiger charge is -2.33. The van der Waals surface area contributed by atoms with Crippen LogP contribution in [0.2, 0.25) is 0 Å². The Hall–Kier alpha value is -2.29. The number of hydrogen-bond donors (Lipinski definition) is 1. The number of carbonyl (C=O) groups is 1. The number of piperidine rings is 1. The molecule has 1 amide bonds. The van der Waals surface area contributed by atoms with Crippen molar-refractivity contribution in [2.45, 2.75) is 39.5 Å². The molecule has 1 saturated heterocycles. The number of aryl methyl sites for hydroxylation is 2. The molecule has 1 atom stereocenters. The van der Waals surface area contributed by atoms with E-state index in [-0.39, 0.29) is 11.7 Å². The minimum Gasteiger partial charge on any atom is -0.508 e. The number of nitrogens with zero attached hydrogens (tertiary/aromatic N) is 1. The highest BCUT2D eigenvalue weighted by Gasteiger charge is 2.25. The fraction of sp³-hybridized carbons (Fsp3) is 0.409. The Morgan fingerprint density at radius 1 is 1.16 bits per heavy atom. The van der Waals surface area contributed by atoms with Gasteiger partial charge in [0, 0.05) is 24.2 Å². The molecule has 1 N–H and O–H groups in total. The van der Waals surface area contributed by atoms with Crippen molar-refractivity contribution in [2.75, 3.05) is 13.1 Å². The van der Waals surface area contributed by atoms with E-state index in [1.807, 2.05) is 17.9 Å². The maximum absolute atomic E-state index is 12.9. The van der Waals surface area contributed by atoms with Crippen LogP contribution in [0.15, 0.2) is 42.5 Å². The van der Waals surface area contributed by atoms with E-state index in [4.69, 9.17) is 0 Å². The third kappa shape index (κ3) is 4.04. The second kappa shape index (κ2) is 7.73. The molecule has 1 heterocycles. The van der Waals surface area contributed by atoms with E-state index >= 15 is 0 Å². The van der Waals surface area contributed by atoms with Crippen molar-refractivity contribution >= 4 is 5.91 Å². The zero-order chi connectivity index (χ0) is 17.8. The molecule has 3 nitrogen and oxygen atoms in total. The third-order valence-electron chi connectivity index (χ3n) is 5.42. The van der Waals surface area contributed by atoms with Crippen LogP contribution < -0.4 is 0 Å². The highest BCUT2D eigenvalue weighted by molar-refractivity contribution is 5.96. The predicted octanol–water partition coefficient (Wildman–Crippen LogP) is 4.49. The maximum Gasteiger partial charge on any atom is 0.254 e. The molecule has 1 fully saturated rings. The Labute approximate surface area is 150 Å². The van der Waals surface area contributed by atoms with Crippen molar-refractivity contribution in [1.82, 2.24) is 4.90 Å². The zero-order valence-electron chi connectivity index (χ0n) is 15.2. The van der Waals surface area contributed by atoms with Gasteiger partial charge in [0.05, 0.1) is 0 Å². The van der Waals surface area contributed by atoms with E-state index in [9.17, 15) is 9.90 Å². The van der Waals surface area contributed by atoms with Crippen molar-refractivity contribution in [3.63, 3.8) is 0 Å². The molecule has 132 valence electrons. The highest BCUT2D eigenvalue weighted by atomic mass is 16.3. The standard InChI is InChI=1S/C22H27NO2/c1-16-7-3-4-9-19(16)13-12-18-8-6-14-23(15-18)22(25)20-10-5-11-21(24)17(20)2/h3-5,7,9-11,18,24H,6,8,12-15H2,1-2H3. The van der Waals surface area contributed by atoms with Gasteiger partial charge in [-0.15, -0.1) is 0 Å². The minimum absolute atomic E-state index is 0.0500. The number of aromatic hydroxyl groups is 1. The zero-order valence-corrected chi connectivity index (χ0v) is 15.2. The van der Waals surface area contributed by atoms with Crippen LogP contribution in [0.3, 0.4) is 0 Å². The van der Waals surface area contributed by atoms with E-state index in [0.717, 1.165) is 32.4 Å². The molecule has 0 saturated carbocycles. The summed E-state index contributed by atoms with van der Waals surface area (Å²) in [5.41, 5.74) is 4.06. The summed E-state index contributed by atoms with van der Waals surface area (Å²) >= 11 is 0. The summed E-state index contributed by atoms with van der Waals surface area (Å²) in [7, 11) is 0. The molecule has 2 aromatic carbocycles. The van der Waals surface area contributed by atoms with Crippen LogP contribution in [0.25, 0.3) is 0 Å². The molecule has 3 rings (SSSR count). The molecular formula is C22H27NO2. The molecule has 0 radical (unpaired) electrons. The summed E-state index contributed by atoms with van der Waals surface area (Å²) in [6, 6.07) is 13.7. The highest BCUT2D eigenvalue weighted by Crippen LogP contribution is 2.26. The Morgan fingerprint density at radius 2 is 1.96 bits per heavy atom. The van der Waals surface area contributed by atoms with E-state index in [2.05, 4.69) is 31.2 Å². The average Bonchev–Trinajstić information content (AvgIpc) is 2.63. The number of phenolic OH excluding ortho intramolecular Hbond substituents is 1. The first-order valence-electron chi connectivity index (χ1n) is 9.18. The van der Waals surface area contributed by atoms with Crippen molar-refractivity contribution in [3.05, 3.63) is 64.7 Å². The van der Waals surface area contributed by atoms with Gasteiger partial charge in [-0.3, -0.25) is 4.79 Å². The molecule has 0 aromatic heterocycles. The first-order valence-corrected chi connectivity index (χ1v) is 9.18. The van der Waals surface area contributed by atoms with Gasteiger partial charge in [0.15, 0.2) is 0 Å². The summed E-state index contributed by atoms with van der Waals surface area (Å²) in [4.78, 5) is 14.8. The third-order valence-corrected chi connectivity index (χ3v) is 5.42. The smallest absolute Gasteiger partial charge is 0.254 e. The van der Waals surface area contributed by atoms with Crippen molar-refractivity contribution in [1.29, 1.82) is 0 Å². The number of hydrogen-bond acceptors (Lipinski definition) is 2. The number of benzene rings is 2. The lowest BCUT2D eigenvalue weighted by molar-refractivity contribution is 0.0667. The molecule has 0 bridgehead atoms. The Morgan fingerprint density at radius 3 is 2.76 bits per heavy atom. The van der Waals surface area contributed by atoms with Gasteiger partial charge < -0.3 is 10.0 Å². The van der Waals surface area contributed by atoms with Crippen LogP contribution in [-0.4, -0.2) is 29.0 Å². The SMILES string of the molecule is Cc1ccccc1CCC1CCCN(C(=O)c2cccc(O)c2C)C1. The number of phenols is 1. The molecular weight excluding hydrogens is 310 g/mol. The number of carbonyl (C=O) groups excluding carboxylic acids is 1. The first-order chi connectivity index (χ1) is 12.1. The average molecular weight is 337 g/mol. The normalized spacial score (nSPS) is 17.5. The second-order valence-corrected chi connectivity index (χ2v) is 7.17. The lowest BCUT2D eigenvalue weighted by atomic mass is 9.90. The molecule has 2 aromatic rings. The minimum atomic E-state index is 0.0500. The molecule has 1 unspecified atom stereocenters. The Bertz CT molecular complexity index is 753. The van der Waals surface area contributed by atoms with Crippen LogP contribution in [0.4, 0.5) is 0 Å².